The number of hydrogen-bond donors (Lipinski definition) is 0. The normalized spacial score (nSPS) is 12.4. The molecule has 6 aromatic carbocycles. The summed E-state index contributed by atoms with van der Waals surface area (Å²) >= 11 is 7.33. The first-order valence-electron chi connectivity index (χ1n) is 16.4. The monoisotopic (exact) mass is 710 g/mol. The zero-order chi connectivity index (χ0) is 32.5. The van der Waals surface area contributed by atoms with Gasteiger partial charge in [-0.1, -0.05) is 60.7 Å². The number of furan rings is 2. The van der Waals surface area contributed by atoms with Gasteiger partial charge in [0.2, 0.25) is 0 Å². The van der Waals surface area contributed by atoms with Gasteiger partial charge >= 0.3 is 0 Å². The highest BCUT2D eigenvalue weighted by Gasteiger charge is 2.19. The van der Waals surface area contributed by atoms with E-state index >= 15 is 0 Å². The SMILES string of the molecule is c1ccc2c(c1)c(-c1cc3sccc3s1)cc1c3ccc(-c4ccc5c(c4)oc4c6ccccc6c(-c6cc7sccc7s6)cc54)cc3oc21. The van der Waals surface area contributed by atoms with E-state index in [1.165, 1.54) is 50.5 Å². The lowest BCUT2D eigenvalue weighted by Gasteiger charge is -2.06. The molecule has 0 spiro atoms. The van der Waals surface area contributed by atoms with Crippen molar-refractivity contribution in [3.63, 3.8) is 0 Å². The van der Waals surface area contributed by atoms with E-state index in [0.29, 0.717) is 0 Å². The van der Waals surface area contributed by atoms with Crippen molar-refractivity contribution in [3.8, 4) is 32.0 Å². The minimum atomic E-state index is 0.892. The van der Waals surface area contributed by atoms with Crippen LogP contribution in [0, 0.1) is 0 Å². The van der Waals surface area contributed by atoms with Gasteiger partial charge in [0.1, 0.15) is 22.3 Å². The first-order valence-corrected chi connectivity index (χ1v) is 19.8. The van der Waals surface area contributed by atoms with Gasteiger partial charge in [-0.05, 0) is 93.3 Å². The maximum absolute atomic E-state index is 6.70. The van der Waals surface area contributed by atoms with Crippen LogP contribution in [-0.2, 0) is 0 Å². The van der Waals surface area contributed by atoms with E-state index in [1.54, 1.807) is 22.7 Å². The lowest BCUT2D eigenvalue weighted by atomic mass is 9.97. The third kappa shape index (κ3) is 3.87. The molecule has 6 aromatic heterocycles. The lowest BCUT2D eigenvalue weighted by Crippen LogP contribution is -1.80. The smallest absolute Gasteiger partial charge is 0.143 e. The minimum Gasteiger partial charge on any atom is -0.455 e. The molecule has 0 aliphatic carbocycles. The molecular weight excluding hydrogens is 689 g/mol. The Balaban J connectivity index is 1.02. The molecule has 50 heavy (non-hydrogen) atoms. The Labute approximate surface area is 300 Å². The Kier molecular flexibility index (Phi) is 5.60. The second-order valence-corrected chi connectivity index (χ2v) is 16.9. The third-order valence-corrected chi connectivity index (χ3v) is 14.4. The van der Waals surface area contributed by atoms with Crippen molar-refractivity contribution in [3.05, 3.63) is 132 Å². The molecule has 6 heterocycles. The Morgan fingerprint density at radius 2 is 0.820 bits per heavy atom. The quantitative estimate of drug-likeness (QED) is 0.182. The Hall–Kier alpha value is -5.24. The van der Waals surface area contributed by atoms with Crippen LogP contribution in [-0.4, -0.2) is 0 Å². The van der Waals surface area contributed by atoms with Gasteiger partial charge < -0.3 is 8.83 Å². The topological polar surface area (TPSA) is 26.3 Å². The number of benzene rings is 6. The molecule has 0 radical (unpaired) electrons. The van der Waals surface area contributed by atoms with E-state index in [9.17, 15) is 0 Å². The number of thiophene rings is 4. The highest BCUT2D eigenvalue weighted by Crippen LogP contribution is 2.46. The van der Waals surface area contributed by atoms with Gasteiger partial charge in [-0.15, -0.1) is 45.3 Å². The van der Waals surface area contributed by atoms with Gasteiger partial charge in [-0.2, -0.15) is 0 Å². The molecule has 0 aliphatic rings. The van der Waals surface area contributed by atoms with Gasteiger partial charge in [0.05, 0.1) is 0 Å². The van der Waals surface area contributed by atoms with Crippen LogP contribution in [0.5, 0.6) is 0 Å². The van der Waals surface area contributed by atoms with Crippen molar-refractivity contribution < 1.29 is 8.83 Å². The average Bonchev–Trinajstić information content (AvgIpc) is 3.99. The zero-order valence-corrected chi connectivity index (χ0v) is 29.4. The molecule has 6 heteroatoms. The summed E-state index contributed by atoms with van der Waals surface area (Å²) in [4.78, 5) is 2.59. The van der Waals surface area contributed by atoms with Crippen molar-refractivity contribution in [2.45, 2.75) is 0 Å². The van der Waals surface area contributed by atoms with Gasteiger partial charge in [0.25, 0.3) is 0 Å². The molecule has 0 saturated carbocycles. The zero-order valence-electron chi connectivity index (χ0n) is 26.2. The molecule has 0 N–H and O–H groups in total. The summed E-state index contributed by atoms with van der Waals surface area (Å²) in [6.45, 7) is 0. The van der Waals surface area contributed by atoms with E-state index in [2.05, 4.69) is 132 Å². The molecule has 0 saturated heterocycles. The highest BCUT2D eigenvalue weighted by atomic mass is 32.1. The minimum absolute atomic E-state index is 0.892. The van der Waals surface area contributed by atoms with E-state index in [4.69, 9.17) is 8.83 Å². The van der Waals surface area contributed by atoms with Crippen LogP contribution in [0.1, 0.15) is 0 Å². The van der Waals surface area contributed by atoms with Gasteiger partial charge in [0.15, 0.2) is 0 Å². The van der Waals surface area contributed by atoms with E-state index in [0.717, 1.165) is 65.8 Å². The fourth-order valence-electron chi connectivity index (χ4n) is 7.76. The number of hydrogen-bond acceptors (Lipinski definition) is 6. The van der Waals surface area contributed by atoms with Gasteiger partial charge in [-0.25, -0.2) is 0 Å². The third-order valence-electron chi connectivity index (χ3n) is 10.1. The van der Waals surface area contributed by atoms with E-state index in [-0.39, 0.29) is 0 Å². The molecule has 0 amide bonds. The molecule has 12 aromatic rings. The molecule has 234 valence electrons. The predicted octanol–water partition coefficient (Wildman–Crippen LogP) is 15.3. The molecular formula is C44H22O2S4. The summed E-state index contributed by atoms with van der Waals surface area (Å²) in [5.41, 5.74) is 8.40. The molecule has 0 unspecified atom stereocenters. The lowest BCUT2D eigenvalue weighted by molar-refractivity contribution is 0.672. The van der Waals surface area contributed by atoms with Crippen LogP contribution in [0.25, 0.3) is 116 Å². The standard InChI is InChI=1S/C44H22O2S4/c1-3-7-29-25(5-1)31(39-21-41-37(49-39)13-15-47-41)19-33-27-11-9-23(17-35(27)45-43(29)33)24-10-12-28-34-20-32(40-22-42-38(50-40)14-16-48-42)26-6-2-4-8-30(26)44(34)46-36(28)18-24/h1-22H. The van der Waals surface area contributed by atoms with Crippen LogP contribution in [0.3, 0.4) is 0 Å². The molecule has 0 bridgehead atoms. The number of rotatable bonds is 3. The maximum Gasteiger partial charge on any atom is 0.143 e. The van der Waals surface area contributed by atoms with Crippen molar-refractivity contribution in [1.82, 2.24) is 0 Å². The van der Waals surface area contributed by atoms with E-state index < -0.39 is 0 Å². The summed E-state index contributed by atoms with van der Waals surface area (Å²) in [5.74, 6) is 0. The average molecular weight is 711 g/mol. The molecule has 12 rings (SSSR count). The summed E-state index contributed by atoms with van der Waals surface area (Å²) in [5, 5.41) is 13.6. The molecule has 0 aliphatic heterocycles. The van der Waals surface area contributed by atoms with Crippen LogP contribution in [0.4, 0.5) is 0 Å². The Morgan fingerprint density at radius 1 is 0.360 bits per heavy atom. The second kappa shape index (κ2) is 10.2. The van der Waals surface area contributed by atoms with Crippen molar-refractivity contribution in [2.24, 2.45) is 0 Å². The second-order valence-electron chi connectivity index (χ2n) is 12.8. The summed E-state index contributed by atoms with van der Waals surface area (Å²) in [6.07, 6.45) is 0. The summed E-state index contributed by atoms with van der Waals surface area (Å²) < 4.78 is 18.8. The van der Waals surface area contributed by atoms with Crippen molar-refractivity contribution >= 4 is 130 Å². The predicted molar refractivity (Wildman–Crippen MR) is 219 cm³/mol. The fourth-order valence-corrected chi connectivity index (χ4v) is 12.0. The Morgan fingerprint density at radius 3 is 1.28 bits per heavy atom. The highest BCUT2D eigenvalue weighted by molar-refractivity contribution is 7.29. The van der Waals surface area contributed by atoms with Crippen molar-refractivity contribution in [1.29, 1.82) is 0 Å². The van der Waals surface area contributed by atoms with Gasteiger partial charge in [-0.3, -0.25) is 0 Å². The number of fused-ring (bicyclic) bond motifs is 12. The Bertz CT molecular complexity index is 3060. The van der Waals surface area contributed by atoms with Gasteiger partial charge in [0, 0.05) is 72.0 Å². The van der Waals surface area contributed by atoms with Crippen LogP contribution >= 0.6 is 45.3 Å². The summed E-state index contributed by atoms with van der Waals surface area (Å²) in [6, 6.07) is 44.3. The van der Waals surface area contributed by atoms with E-state index in [1.807, 2.05) is 22.7 Å². The summed E-state index contributed by atoms with van der Waals surface area (Å²) in [7, 11) is 0. The molecule has 2 nitrogen and oxygen atoms in total. The molecule has 0 fully saturated rings. The van der Waals surface area contributed by atoms with Crippen LogP contribution in [0.2, 0.25) is 0 Å². The first kappa shape index (κ1) is 27.6. The molecule has 0 atom stereocenters. The maximum atomic E-state index is 6.70. The van der Waals surface area contributed by atoms with Crippen LogP contribution < -0.4 is 0 Å². The fraction of sp³-hybridized carbons (Fsp3) is 0. The van der Waals surface area contributed by atoms with Crippen LogP contribution in [0.15, 0.2) is 141 Å². The largest absolute Gasteiger partial charge is 0.455 e. The van der Waals surface area contributed by atoms with Crippen molar-refractivity contribution in [2.75, 3.05) is 0 Å². The first-order chi connectivity index (χ1) is 24.7.